The predicted molar refractivity (Wildman–Crippen MR) is 84.8 cm³/mol. The average molecular weight is 304 g/mol. The normalized spacial score (nSPS) is 25.8. The molecule has 0 radical (unpaired) electrons. The minimum Gasteiger partial charge on any atom is -0.356 e. The smallest absolute Gasteiger partial charge is 0.128 e. The number of nitrogens with zero attached hydrogens (tertiary/aromatic N) is 2. The fraction of sp³-hybridized carbons (Fsp3) is 0.643. The number of pyridine rings is 1. The van der Waals surface area contributed by atoms with Gasteiger partial charge in [0.05, 0.1) is 0 Å². The molecule has 0 amide bonds. The van der Waals surface area contributed by atoms with Gasteiger partial charge in [-0.1, -0.05) is 0 Å². The van der Waals surface area contributed by atoms with Crippen LogP contribution in [0.15, 0.2) is 18.3 Å². The fourth-order valence-electron chi connectivity index (χ4n) is 3.24. The van der Waals surface area contributed by atoms with Crippen molar-refractivity contribution in [1.82, 2.24) is 10.3 Å². The second-order valence-electron chi connectivity index (χ2n) is 5.64. The number of nitrogens with one attached hydrogen (secondary N) is 1. The molecule has 3 nitrogen and oxygen atoms in total. The molecule has 1 spiro atoms. The maximum absolute atomic E-state index is 4.52. The third-order valence-corrected chi connectivity index (χ3v) is 4.22. The van der Waals surface area contributed by atoms with Gasteiger partial charge in [-0.2, -0.15) is 0 Å². The molecule has 1 N–H and O–H groups in total. The van der Waals surface area contributed by atoms with Crippen LogP contribution in [0, 0.1) is 12.3 Å². The molecule has 2 aliphatic heterocycles. The molecule has 1 atom stereocenters. The van der Waals surface area contributed by atoms with Crippen LogP contribution in [-0.4, -0.2) is 31.2 Å². The van der Waals surface area contributed by atoms with E-state index in [0.29, 0.717) is 5.41 Å². The Morgan fingerprint density at radius 3 is 2.84 bits per heavy atom. The summed E-state index contributed by atoms with van der Waals surface area (Å²) in [4.78, 5) is 7.00. The number of rotatable bonds is 1. The lowest BCUT2D eigenvalue weighted by Gasteiger charge is -2.40. The molecule has 5 heteroatoms. The molecule has 0 saturated carbocycles. The highest BCUT2D eigenvalue weighted by atomic mass is 35.5. The summed E-state index contributed by atoms with van der Waals surface area (Å²) < 4.78 is 0. The fourth-order valence-corrected chi connectivity index (χ4v) is 3.24. The molecule has 2 fully saturated rings. The van der Waals surface area contributed by atoms with E-state index in [4.69, 9.17) is 0 Å². The molecule has 2 saturated heterocycles. The highest BCUT2D eigenvalue weighted by molar-refractivity contribution is 5.85. The monoisotopic (exact) mass is 303 g/mol. The largest absolute Gasteiger partial charge is 0.356 e. The summed E-state index contributed by atoms with van der Waals surface area (Å²) in [5.74, 6) is 1.16. The summed E-state index contributed by atoms with van der Waals surface area (Å²) >= 11 is 0. The minimum absolute atomic E-state index is 0. The van der Waals surface area contributed by atoms with Crippen molar-refractivity contribution in [2.45, 2.75) is 26.2 Å². The van der Waals surface area contributed by atoms with Crippen LogP contribution in [0.5, 0.6) is 0 Å². The van der Waals surface area contributed by atoms with Crippen molar-refractivity contribution in [3.05, 3.63) is 23.9 Å². The molecule has 0 aliphatic carbocycles. The van der Waals surface area contributed by atoms with E-state index in [-0.39, 0.29) is 24.8 Å². The van der Waals surface area contributed by atoms with E-state index in [1.54, 1.807) is 0 Å². The van der Waals surface area contributed by atoms with Crippen molar-refractivity contribution in [2.24, 2.45) is 5.41 Å². The van der Waals surface area contributed by atoms with Crippen molar-refractivity contribution >= 4 is 30.6 Å². The number of halogens is 2. The first-order chi connectivity index (χ1) is 8.27. The first-order valence-electron chi connectivity index (χ1n) is 6.66. The van der Waals surface area contributed by atoms with E-state index in [9.17, 15) is 0 Å². The van der Waals surface area contributed by atoms with Crippen molar-refractivity contribution in [2.75, 3.05) is 31.1 Å². The van der Waals surface area contributed by atoms with Crippen LogP contribution < -0.4 is 10.2 Å². The second-order valence-corrected chi connectivity index (χ2v) is 5.64. The summed E-state index contributed by atoms with van der Waals surface area (Å²) in [6, 6.07) is 4.28. The Kier molecular flexibility index (Phi) is 5.90. The molecule has 1 unspecified atom stereocenters. The maximum atomic E-state index is 4.52. The van der Waals surface area contributed by atoms with Gasteiger partial charge in [-0.25, -0.2) is 4.98 Å². The number of anilines is 1. The molecule has 1 aromatic heterocycles. The molecule has 19 heavy (non-hydrogen) atoms. The molecule has 1 aromatic rings. The summed E-state index contributed by atoms with van der Waals surface area (Å²) in [5.41, 5.74) is 1.82. The zero-order valence-corrected chi connectivity index (χ0v) is 13.0. The van der Waals surface area contributed by atoms with Crippen molar-refractivity contribution in [3.8, 4) is 0 Å². The van der Waals surface area contributed by atoms with E-state index in [1.807, 2.05) is 6.20 Å². The third-order valence-electron chi connectivity index (χ3n) is 4.22. The van der Waals surface area contributed by atoms with Gasteiger partial charge in [0.1, 0.15) is 5.82 Å². The minimum atomic E-state index is 0. The molecular weight excluding hydrogens is 281 g/mol. The third kappa shape index (κ3) is 3.53. The van der Waals surface area contributed by atoms with Crippen LogP contribution in [0.25, 0.3) is 0 Å². The molecule has 108 valence electrons. The van der Waals surface area contributed by atoms with E-state index in [1.165, 1.54) is 44.5 Å². The standard InChI is InChI=1S/C14H21N3.2ClH/c1-12-3-6-16-13(9-12)17-8-2-4-14(11-17)5-7-15-10-14;;/h3,6,9,15H,2,4-5,7-8,10-11H2,1H3;2*1H. The predicted octanol–water partition coefficient (Wildman–Crippen LogP) is 2.81. The average Bonchev–Trinajstić information content (AvgIpc) is 2.77. The molecule has 3 heterocycles. The number of aromatic nitrogens is 1. The van der Waals surface area contributed by atoms with E-state index < -0.39 is 0 Å². The Labute approximate surface area is 128 Å². The molecule has 2 aliphatic rings. The summed E-state index contributed by atoms with van der Waals surface area (Å²) in [6.07, 6.45) is 5.94. The number of hydrogen-bond acceptors (Lipinski definition) is 3. The lowest BCUT2D eigenvalue weighted by molar-refractivity contribution is 0.260. The van der Waals surface area contributed by atoms with E-state index >= 15 is 0 Å². The first-order valence-corrected chi connectivity index (χ1v) is 6.66. The number of piperidine rings is 1. The molecular formula is C14H23Cl2N3. The zero-order valence-electron chi connectivity index (χ0n) is 11.4. The van der Waals surface area contributed by atoms with Gasteiger partial charge in [0.2, 0.25) is 0 Å². The van der Waals surface area contributed by atoms with Gasteiger partial charge < -0.3 is 10.2 Å². The van der Waals surface area contributed by atoms with Crippen LogP contribution >= 0.6 is 24.8 Å². The van der Waals surface area contributed by atoms with Gasteiger partial charge in [-0.05, 0) is 50.4 Å². The lowest BCUT2D eigenvalue weighted by atomic mass is 9.79. The topological polar surface area (TPSA) is 28.2 Å². The van der Waals surface area contributed by atoms with Crippen LogP contribution in [0.4, 0.5) is 5.82 Å². The van der Waals surface area contributed by atoms with Crippen LogP contribution in [-0.2, 0) is 0 Å². The van der Waals surface area contributed by atoms with Gasteiger partial charge >= 0.3 is 0 Å². The Morgan fingerprint density at radius 1 is 1.32 bits per heavy atom. The van der Waals surface area contributed by atoms with Crippen LogP contribution in [0.1, 0.15) is 24.8 Å². The summed E-state index contributed by atoms with van der Waals surface area (Å²) in [5, 5.41) is 3.52. The number of hydrogen-bond donors (Lipinski definition) is 1. The SMILES string of the molecule is Cc1ccnc(N2CCCC3(CCNC3)C2)c1.Cl.Cl. The lowest BCUT2D eigenvalue weighted by Crippen LogP contribution is -2.44. The van der Waals surface area contributed by atoms with Gasteiger partial charge in [0, 0.05) is 31.2 Å². The van der Waals surface area contributed by atoms with Crippen LogP contribution in [0.3, 0.4) is 0 Å². The molecule has 3 rings (SSSR count). The van der Waals surface area contributed by atoms with E-state index in [0.717, 1.165) is 12.4 Å². The Bertz CT molecular complexity index is 405. The molecule has 0 aromatic carbocycles. The highest BCUT2D eigenvalue weighted by Gasteiger charge is 2.38. The Morgan fingerprint density at radius 2 is 2.16 bits per heavy atom. The van der Waals surface area contributed by atoms with E-state index in [2.05, 4.69) is 34.3 Å². The highest BCUT2D eigenvalue weighted by Crippen LogP contribution is 2.36. The quantitative estimate of drug-likeness (QED) is 0.865. The van der Waals surface area contributed by atoms with Gasteiger partial charge in [-0.3, -0.25) is 0 Å². The Balaban J connectivity index is 0.000000902. The van der Waals surface area contributed by atoms with Gasteiger partial charge in [0.25, 0.3) is 0 Å². The number of aryl methyl sites for hydroxylation is 1. The van der Waals surface area contributed by atoms with Crippen molar-refractivity contribution < 1.29 is 0 Å². The Hall–Kier alpha value is -0.510. The summed E-state index contributed by atoms with van der Waals surface area (Å²) in [6.45, 7) is 6.86. The van der Waals surface area contributed by atoms with Crippen LogP contribution in [0.2, 0.25) is 0 Å². The second kappa shape index (κ2) is 6.78. The van der Waals surface area contributed by atoms with Gasteiger partial charge in [-0.15, -0.1) is 24.8 Å². The molecule has 0 bridgehead atoms. The maximum Gasteiger partial charge on any atom is 0.128 e. The zero-order chi connectivity index (χ0) is 11.7. The van der Waals surface area contributed by atoms with Crippen molar-refractivity contribution in [1.29, 1.82) is 0 Å². The first kappa shape index (κ1) is 16.5. The summed E-state index contributed by atoms with van der Waals surface area (Å²) in [7, 11) is 0. The van der Waals surface area contributed by atoms with Crippen molar-refractivity contribution in [3.63, 3.8) is 0 Å². The van der Waals surface area contributed by atoms with Gasteiger partial charge in [0.15, 0.2) is 0 Å².